The van der Waals surface area contributed by atoms with Crippen LogP contribution < -0.4 is 10.4 Å². The van der Waals surface area contributed by atoms with Gasteiger partial charge in [-0.1, -0.05) is 0 Å². The van der Waals surface area contributed by atoms with Crippen molar-refractivity contribution in [3.63, 3.8) is 0 Å². The van der Waals surface area contributed by atoms with Crippen LogP contribution in [0.25, 0.3) is 28.0 Å². The van der Waals surface area contributed by atoms with Crippen LogP contribution in [0.3, 0.4) is 0 Å². The summed E-state index contributed by atoms with van der Waals surface area (Å²) in [6, 6.07) is 49.5. The van der Waals surface area contributed by atoms with Gasteiger partial charge in [0.1, 0.15) is 0 Å². The van der Waals surface area contributed by atoms with E-state index in [0.29, 0.717) is 3.63 Å². The summed E-state index contributed by atoms with van der Waals surface area (Å²) in [4.78, 5) is 0. The van der Waals surface area contributed by atoms with Crippen LogP contribution >= 0.6 is 0 Å². The Morgan fingerprint density at radius 3 is 1.86 bits per heavy atom. The van der Waals surface area contributed by atoms with Gasteiger partial charge in [-0.15, -0.1) is 0 Å². The van der Waals surface area contributed by atoms with E-state index in [-0.39, 0.29) is 16.7 Å². The van der Waals surface area contributed by atoms with Crippen LogP contribution in [0.1, 0.15) is 97.0 Å². The van der Waals surface area contributed by atoms with Crippen LogP contribution in [0.15, 0.2) is 133 Å². The molecule has 0 N–H and O–H groups in total. The van der Waals surface area contributed by atoms with Crippen molar-refractivity contribution < 1.29 is 22.4 Å². The van der Waals surface area contributed by atoms with Crippen LogP contribution in [0, 0.1) is 0 Å². The third-order valence-electron chi connectivity index (χ3n) is 10.9. The minimum absolute atomic E-state index is 0.0148. The van der Waals surface area contributed by atoms with Gasteiger partial charge in [0, 0.05) is 0 Å². The van der Waals surface area contributed by atoms with Crippen molar-refractivity contribution in [1.82, 2.24) is 0 Å². The summed E-state index contributed by atoms with van der Waals surface area (Å²) in [6.07, 6.45) is 2.51. The van der Waals surface area contributed by atoms with E-state index < -0.39 is 28.3 Å². The van der Waals surface area contributed by atoms with Gasteiger partial charge in [0.25, 0.3) is 0 Å². The summed E-state index contributed by atoms with van der Waals surface area (Å²) in [6.45, 7) is 16.8. The molecule has 0 bridgehead atoms. The molecule has 0 radical (unpaired) electrons. The second-order valence-corrected chi connectivity index (χ2v) is 26.9. The molecule has 2 aliphatic rings. The molecule has 0 saturated carbocycles. The number of hydrogen-bond acceptors (Lipinski definition) is 0. The van der Waals surface area contributed by atoms with E-state index in [2.05, 4.69) is 182 Å². The molecule has 2 unspecified atom stereocenters. The normalized spacial score (nSPS) is 16.8. The summed E-state index contributed by atoms with van der Waals surface area (Å²) >= 11 is -1.10. The first-order valence-corrected chi connectivity index (χ1v) is 25.3. The summed E-state index contributed by atoms with van der Waals surface area (Å²) in [7, 11) is 0. The molecule has 2 heteroatoms. The zero-order valence-electron chi connectivity index (χ0n) is 29.9. The molecule has 0 aliphatic heterocycles. The van der Waals surface area contributed by atoms with E-state index in [9.17, 15) is 0 Å². The fourth-order valence-electron chi connectivity index (χ4n) is 8.50. The van der Waals surface area contributed by atoms with Gasteiger partial charge >= 0.3 is 307 Å². The van der Waals surface area contributed by atoms with E-state index in [1.807, 2.05) is 0 Å². The third-order valence-corrected chi connectivity index (χ3v) is 25.0. The average molecular weight is 730 g/mol. The molecule has 49 heavy (non-hydrogen) atoms. The molecular weight excluding hydrogens is 684 g/mol. The van der Waals surface area contributed by atoms with Crippen LogP contribution in [-0.2, 0) is 33.2 Å². The van der Waals surface area contributed by atoms with Gasteiger partial charge in [0.15, 0.2) is 0 Å². The Bertz CT molecular complexity index is 2190. The number of rotatable bonds is 5. The molecule has 0 aromatic heterocycles. The molecular formula is C47H46SiZr. The molecule has 2 atom stereocenters. The molecule has 6 aromatic carbocycles. The molecule has 242 valence electrons. The van der Waals surface area contributed by atoms with E-state index in [1.54, 1.807) is 27.1 Å². The second kappa shape index (κ2) is 12.3. The topological polar surface area (TPSA) is 0 Å². The van der Waals surface area contributed by atoms with E-state index in [0.717, 1.165) is 0 Å². The summed E-state index contributed by atoms with van der Waals surface area (Å²) in [5.41, 5.74) is 15.3. The molecule has 0 spiro atoms. The fraction of sp³-hybridized carbons (Fsp3) is 0.234. The summed E-state index contributed by atoms with van der Waals surface area (Å²) in [5, 5.41) is 5.90. The van der Waals surface area contributed by atoms with E-state index in [4.69, 9.17) is 0 Å². The quantitative estimate of drug-likeness (QED) is 0.155. The van der Waals surface area contributed by atoms with Crippen molar-refractivity contribution in [2.75, 3.05) is 0 Å². The first kappa shape index (κ1) is 32.6. The van der Waals surface area contributed by atoms with Crippen molar-refractivity contribution in [2.24, 2.45) is 0 Å². The predicted octanol–water partition coefficient (Wildman–Crippen LogP) is 10.7. The van der Waals surface area contributed by atoms with Crippen LogP contribution in [0.2, 0.25) is 0 Å². The molecule has 0 amide bonds. The van der Waals surface area contributed by atoms with Gasteiger partial charge in [-0.05, 0) is 0 Å². The zero-order chi connectivity index (χ0) is 34.1. The van der Waals surface area contributed by atoms with Gasteiger partial charge in [0.05, 0.1) is 0 Å². The Morgan fingerprint density at radius 2 is 1.20 bits per heavy atom. The molecule has 6 aromatic rings. The van der Waals surface area contributed by atoms with Gasteiger partial charge in [0.2, 0.25) is 0 Å². The minimum atomic E-state index is -1.45. The fourth-order valence-corrected chi connectivity index (χ4v) is 23.2. The Balaban J connectivity index is 1.41. The number of hydrogen-bond donors (Lipinski definition) is 0. The maximum atomic E-state index is 2.63. The molecule has 0 fully saturated rings. The van der Waals surface area contributed by atoms with Crippen LogP contribution in [0.4, 0.5) is 0 Å². The van der Waals surface area contributed by atoms with Gasteiger partial charge in [-0.25, -0.2) is 0 Å². The standard InChI is InChI=1S/C35H35.C12H11Si.Zr/c1-21-18-29-25-11-9-8-10-22(25)12-14-28(29)32(21)33-30-20-23-19-24(34(2,3)4)13-15-26(23)27(30)16-17-31(33)35(5,6)7;1-3-7-11(8-4-1)13-12-9-5-2-6-10-12;/h8-20,32H,1-7H3;1-10,13H;. The molecule has 0 heterocycles. The maximum absolute atomic E-state index is 2.63. The van der Waals surface area contributed by atoms with Crippen LogP contribution in [0.5, 0.6) is 0 Å². The Hall–Kier alpha value is -3.58. The van der Waals surface area contributed by atoms with Crippen LogP contribution in [-0.4, -0.2) is 5.92 Å². The first-order valence-electron chi connectivity index (χ1n) is 17.9. The van der Waals surface area contributed by atoms with Crippen molar-refractivity contribution in [2.45, 2.75) is 68.8 Å². The Labute approximate surface area is 305 Å². The van der Waals surface area contributed by atoms with Crippen molar-refractivity contribution >= 4 is 33.1 Å². The zero-order valence-corrected chi connectivity index (χ0v) is 33.5. The predicted molar refractivity (Wildman–Crippen MR) is 210 cm³/mol. The van der Waals surface area contributed by atoms with Crippen molar-refractivity contribution in [3.05, 3.63) is 172 Å². The average Bonchev–Trinajstić information content (AvgIpc) is 3.60. The number of fused-ring (bicyclic) bond motifs is 6. The van der Waals surface area contributed by atoms with E-state index in [1.165, 1.54) is 49.7 Å². The molecule has 0 nitrogen and oxygen atoms in total. The van der Waals surface area contributed by atoms with Gasteiger partial charge < -0.3 is 0 Å². The first-order chi connectivity index (χ1) is 23.5. The number of benzene rings is 6. The Morgan fingerprint density at radius 1 is 0.571 bits per heavy atom. The number of allylic oxidation sites excluding steroid dienone is 1. The Kier molecular flexibility index (Phi) is 8.21. The monoisotopic (exact) mass is 728 g/mol. The summed E-state index contributed by atoms with van der Waals surface area (Å²) < 4.78 is 0.489. The van der Waals surface area contributed by atoms with Gasteiger partial charge in [-0.3, -0.25) is 0 Å². The molecule has 8 rings (SSSR count). The van der Waals surface area contributed by atoms with Gasteiger partial charge in [-0.2, -0.15) is 0 Å². The third kappa shape index (κ3) is 5.70. The molecule has 2 aliphatic carbocycles. The van der Waals surface area contributed by atoms with E-state index >= 15 is 0 Å². The summed E-state index contributed by atoms with van der Waals surface area (Å²) in [5.74, 6) is -1.19. The second-order valence-electron chi connectivity index (χ2n) is 16.3. The molecule has 0 saturated heterocycles. The SMILES string of the molecule is CC1=Cc2c(ccc3ccccc23)C1c1c(C(C)(C)C)ccc2c1[CH]([Zr][SiH](c1ccccc1)c1ccccc1)c1cc(C(C)(C)C)ccc1-2. The van der Waals surface area contributed by atoms with Crippen molar-refractivity contribution in [1.29, 1.82) is 0 Å². The van der Waals surface area contributed by atoms with Crippen molar-refractivity contribution in [3.8, 4) is 11.1 Å².